The van der Waals surface area contributed by atoms with Gasteiger partial charge < -0.3 is 15.3 Å². The highest BCUT2D eigenvalue weighted by molar-refractivity contribution is 6.24. The van der Waals surface area contributed by atoms with E-state index >= 15 is 0 Å². The zero-order valence-corrected chi connectivity index (χ0v) is 19.1. The van der Waals surface area contributed by atoms with Crippen molar-refractivity contribution < 1.29 is 19.1 Å². The first-order chi connectivity index (χ1) is 16.3. The van der Waals surface area contributed by atoms with Gasteiger partial charge in [0.2, 0.25) is 5.91 Å². The van der Waals surface area contributed by atoms with E-state index in [1.54, 1.807) is 6.07 Å². The second-order valence-electron chi connectivity index (χ2n) is 8.65. The lowest BCUT2D eigenvalue weighted by atomic mass is 9.90. The van der Waals surface area contributed by atoms with E-state index in [4.69, 9.17) is 10.1 Å². The first-order valence-corrected chi connectivity index (χ1v) is 11.0. The molecule has 0 bridgehead atoms. The fourth-order valence-electron chi connectivity index (χ4n) is 4.08. The number of carbonyl (C=O) groups excluding carboxylic acids is 1. The summed E-state index contributed by atoms with van der Waals surface area (Å²) in [7, 11) is 4.01. The summed E-state index contributed by atoms with van der Waals surface area (Å²) < 4.78 is 13.8. The minimum absolute atomic E-state index is 0.0452. The molecule has 4 rings (SSSR count). The van der Waals surface area contributed by atoms with Crippen LogP contribution in [-0.4, -0.2) is 41.7 Å². The highest BCUT2D eigenvalue weighted by Gasteiger charge is 2.35. The molecular formula is C27H26FN3O3. The number of hydrogen-bond donors (Lipinski definition) is 2. The number of aliphatic carboxylic acids is 1. The predicted octanol–water partition coefficient (Wildman–Crippen LogP) is 4.76. The average Bonchev–Trinajstić information content (AvgIpc) is 3.11. The van der Waals surface area contributed by atoms with Crippen molar-refractivity contribution >= 4 is 29.0 Å². The van der Waals surface area contributed by atoms with Crippen molar-refractivity contribution in [1.82, 2.24) is 4.90 Å². The molecule has 1 heterocycles. The number of carboxylic acid groups (broad SMARTS) is 1. The van der Waals surface area contributed by atoms with Gasteiger partial charge in [-0.05, 0) is 67.0 Å². The first kappa shape index (κ1) is 23.3. The minimum Gasteiger partial charge on any atom is -0.481 e. The maximum absolute atomic E-state index is 13.8. The fourth-order valence-corrected chi connectivity index (χ4v) is 4.08. The molecule has 1 amide bonds. The molecule has 0 fully saturated rings. The third-order valence-corrected chi connectivity index (χ3v) is 5.68. The Labute approximate surface area is 197 Å². The summed E-state index contributed by atoms with van der Waals surface area (Å²) in [5.74, 6) is -2.23. The highest BCUT2D eigenvalue weighted by Crippen LogP contribution is 2.36. The van der Waals surface area contributed by atoms with Crippen LogP contribution in [0.5, 0.6) is 0 Å². The number of aryl methyl sites for hydroxylation is 1. The molecule has 0 aliphatic carbocycles. The van der Waals surface area contributed by atoms with Crippen molar-refractivity contribution in [3.8, 4) is 0 Å². The number of anilines is 1. The number of hydrogen-bond acceptors (Lipinski definition) is 4. The Kier molecular flexibility index (Phi) is 6.84. The lowest BCUT2D eigenvalue weighted by Crippen LogP contribution is -2.22. The summed E-state index contributed by atoms with van der Waals surface area (Å²) in [6.07, 6.45) is 0.463. The third-order valence-electron chi connectivity index (χ3n) is 5.68. The van der Waals surface area contributed by atoms with Gasteiger partial charge in [-0.2, -0.15) is 0 Å². The van der Waals surface area contributed by atoms with Gasteiger partial charge in [-0.1, -0.05) is 42.5 Å². The minimum atomic E-state index is -0.851. The summed E-state index contributed by atoms with van der Waals surface area (Å²) in [4.78, 5) is 30.8. The number of carbonyl (C=O) groups is 2. The average molecular weight is 460 g/mol. The summed E-state index contributed by atoms with van der Waals surface area (Å²) in [6.45, 7) is 0.804. The van der Waals surface area contributed by atoms with E-state index in [1.807, 2.05) is 62.6 Å². The number of rotatable bonds is 8. The molecule has 3 aromatic rings. The van der Waals surface area contributed by atoms with Gasteiger partial charge in [0.05, 0.1) is 11.4 Å². The summed E-state index contributed by atoms with van der Waals surface area (Å²) in [6, 6.07) is 19.5. The van der Waals surface area contributed by atoms with Gasteiger partial charge in [0, 0.05) is 18.7 Å². The number of benzene rings is 3. The fraction of sp³-hybridized carbons (Fsp3) is 0.222. The van der Waals surface area contributed by atoms with E-state index in [9.17, 15) is 14.0 Å². The van der Waals surface area contributed by atoms with Gasteiger partial charge >= 0.3 is 5.97 Å². The van der Waals surface area contributed by atoms with Crippen molar-refractivity contribution in [3.05, 3.63) is 94.8 Å². The monoisotopic (exact) mass is 459 g/mol. The molecular weight excluding hydrogens is 433 g/mol. The number of fused-ring (bicyclic) bond motifs is 1. The van der Waals surface area contributed by atoms with Gasteiger partial charge in [-0.3, -0.25) is 14.6 Å². The third kappa shape index (κ3) is 5.38. The maximum Gasteiger partial charge on any atom is 0.303 e. The molecule has 1 unspecified atom stereocenters. The summed E-state index contributed by atoms with van der Waals surface area (Å²) in [5, 5.41) is 11.7. The predicted molar refractivity (Wildman–Crippen MR) is 130 cm³/mol. The van der Waals surface area contributed by atoms with E-state index in [2.05, 4.69) is 10.2 Å². The standard InChI is InChI=1S/C27H26FN3O3/c1-31(2)16-18-5-11-21(12-6-18)29-26(19-8-3-17(4-9-19)7-14-24(32)33)25-22-13-10-20(28)15-23(22)30-27(25)34/h3-6,8-13,15,25H,7,14,16H2,1-2H3,(H,30,34)(H,32,33). The van der Waals surface area contributed by atoms with E-state index in [-0.39, 0.29) is 12.3 Å². The number of aliphatic imine (C=N–C) groups is 1. The summed E-state index contributed by atoms with van der Waals surface area (Å²) in [5.41, 5.74) is 5.15. The van der Waals surface area contributed by atoms with Gasteiger partial charge in [0.25, 0.3) is 0 Å². The molecule has 2 N–H and O–H groups in total. The Morgan fingerprint density at radius 2 is 1.71 bits per heavy atom. The molecule has 1 aliphatic heterocycles. The Bertz CT molecular complexity index is 1230. The van der Waals surface area contributed by atoms with Crippen LogP contribution in [0.3, 0.4) is 0 Å². The second-order valence-corrected chi connectivity index (χ2v) is 8.65. The molecule has 1 aliphatic rings. The zero-order valence-electron chi connectivity index (χ0n) is 19.1. The lowest BCUT2D eigenvalue weighted by molar-refractivity contribution is -0.137. The van der Waals surface area contributed by atoms with Crippen LogP contribution < -0.4 is 5.32 Å². The Morgan fingerprint density at radius 1 is 1.03 bits per heavy atom. The van der Waals surface area contributed by atoms with Crippen molar-refractivity contribution in [2.75, 3.05) is 19.4 Å². The molecule has 0 saturated heterocycles. The SMILES string of the molecule is CN(C)Cc1ccc(N=C(c2ccc(CCC(=O)O)cc2)C2C(=O)Nc3cc(F)ccc32)cc1. The van der Waals surface area contributed by atoms with Crippen LogP contribution in [-0.2, 0) is 22.6 Å². The Hall–Kier alpha value is -3.84. The van der Waals surface area contributed by atoms with E-state index in [0.717, 1.165) is 23.2 Å². The molecule has 1 atom stereocenters. The van der Waals surface area contributed by atoms with Crippen molar-refractivity contribution in [3.63, 3.8) is 0 Å². The van der Waals surface area contributed by atoms with Crippen molar-refractivity contribution in [1.29, 1.82) is 0 Å². The number of nitrogens with zero attached hydrogens (tertiary/aromatic N) is 2. The molecule has 0 saturated carbocycles. The molecule has 0 radical (unpaired) electrons. The molecule has 0 aromatic heterocycles. The normalized spacial score (nSPS) is 15.4. The van der Waals surface area contributed by atoms with Crippen LogP contribution in [0, 0.1) is 5.82 Å². The molecule has 0 spiro atoms. The largest absolute Gasteiger partial charge is 0.481 e. The van der Waals surface area contributed by atoms with Crippen molar-refractivity contribution in [2.24, 2.45) is 4.99 Å². The molecule has 34 heavy (non-hydrogen) atoms. The van der Waals surface area contributed by atoms with Crippen molar-refractivity contribution in [2.45, 2.75) is 25.3 Å². The Balaban J connectivity index is 1.74. The smallest absolute Gasteiger partial charge is 0.303 e. The first-order valence-electron chi connectivity index (χ1n) is 11.0. The highest BCUT2D eigenvalue weighted by atomic mass is 19.1. The van der Waals surface area contributed by atoms with Crippen LogP contribution >= 0.6 is 0 Å². The van der Waals surface area contributed by atoms with Crippen LogP contribution in [0.25, 0.3) is 0 Å². The molecule has 3 aromatic carbocycles. The van der Waals surface area contributed by atoms with E-state index in [0.29, 0.717) is 29.1 Å². The number of carboxylic acids is 1. The van der Waals surface area contributed by atoms with Gasteiger partial charge in [-0.15, -0.1) is 0 Å². The zero-order chi connectivity index (χ0) is 24.2. The van der Waals surface area contributed by atoms with Crippen LogP contribution in [0.1, 0.15) is 34.6 Å². The van der Waals surface area contributed by atoms with Crippen LogP contribution in [0.4, 0.5) is 15.8 Å². The van der Waals surface area contributed by atoms with Crippen LogP contribution in [0.2, 0.25) is 0 Å². The Morgan fingerprint density at radius 3 is 2.35 bits per heavy atom. The van der Waals surface area contributed by atoms with Gasteiger partial charge in [0.15, 0.2) is 0 Å². The number of nitrogens with one attached hydrogen (secondary N) is 1. The second kappa shape index (κ2) is 9.97. The number of amides is 1. The van der Waals surface area contributed by atoms with Gasteiger partial charge in [0.1, 0.15) is 11.7 Å². The van der Waals surface area contributed by atoms with E-state index < -0.39 is 17.7 Å². The molecule has 174 valence electrons. The van der Waals surface area contributed by atoms with Crippen LogP contribution in [0.15, 0.2) is 71.7 Å². The number of halogens is 1. The lowest BCUT2D eigenvalue weighted by Gasteiger charge is -2.15. The quantitative estimate of drug-likeness (QED) is 0.476. The maximum atomic E-state index is 13.8. The summed E-state index contributed by atoms with van der Waals surface area (Å²) >= 11 is 0. The topological polar surface area (TPSA) is 82.0 Å². The van der Waals surface area contributed by atoms with Gasteiger partial charge in [-0.25, -0.2) is 4.39 Å². The molecule has 6 nitrogen and oxygen atoms in total. The molecule has 7 heteroatoms. The van der Waals surface area contributed by atoms with E-state index in [1.165, 1.54) is 12.1 Å².